The molecule has 2 aromatic rings. The quantitative estimate of drug-likeness (QED) is 0.813. The maximum Gasteiger partial charge on any atom is 0.241 e. The minimum atomic E-state index is -0.413. The molecule has 0 saturated carbocycles. The van der Waals surface area contributed by atoms with E-state index in [4.69, 9.17) is 5.11 Å². The van der Waals surface area contributed by atoms with Crippen molar-refractivity contribution in [2.75, 3.05) is 6.61 Å². The summed E-state index contributed by atoms with van der Waals surface area (Å²) in [5.74, 6) is 4.51. The highest BCUT2D eigenvalue weighted by atomic mass is 19.1. The van der Waals surface area contributed by atoms with Gasteiger partial charge in [-0.3, -0.25) is 9.48 Å². The average molecular weight is 287 g/mol. The number of halogens is 1. The number of nitrogens with one attached hydrogen (secondary N) is 1. The second-order valence-corrected chi connectivity index (χ2v) is 4.25. The molecule has 0 atom stereocenters. The van der Waals surface area contributed by atoms with E-state index in [2.05, 4.69) is 22.3 Å². The minimum absolute atomic E-state index is 0.0700. The van der Waals surface area contributed by atoms with Crippen molar-refractivity contribution in [3.63, 3.8) is 0 Å². The van der Waals surface area contributed by atoms with Crippen molar-refractivity contribution < 1.29 is 14.3 Å². The van der Waals surface area contributed by atoms with Crippen molar-refractivity contribution in [2.45, 2.75) is 13.1 Å². The predicted octanol–water partition coefficient (Wildman–Crippen LogP) is 0.682. The lowest BCUT2D eigenvalue weighted by atomic mass is 10.1. The monoisotopic (exact) mass is 287 g/mol. The summed E-state index contributed by atoms with van der Waals surface area (Å²) in [6.45, 7) is -0.105. The number of carbonyl (C=O) groups excluding carboxylic acids is 1. The van der Waals surface area contributed by atoms with E-state index in [-0.39, 0.29) is 25.6 Å². The van der Waals surface area contributed by atoms with Gasteiger partial charge < -0.3 is 10.4 Å². The normalized spacial score (nSPS) is 9.81. The molecular weight excluding hydrogens is 273 g/mol. The van der Waals surface area contributed by atoms with Crippen LogP contribution in [0.3, 0.4) is 0 Å². The smallest absolute Gasteiger partial charge is 0.241 e. The van der Waals surface area contributed by atoms with E-state index in [1.165, 1.54) is 16.8 Å². The Kier molecular flexibility index (Phi) is 5.07. The fourth-order valence-corrected chi connectivity index (χ4v) is 1.72. The molecule has 1 amide bonds. The van der Waals surface area contributed by atoms with Crippen LogP contribution < -0.4 is 5.32 Å². The summed E-state index contributed by atoms with van der Waals surface area (Å²) in [5, 5.41) is 15.2. The Balaban J connectivity index is 1.97. The van der Waals surface area contributed by atoms with Crippen LogP contribution in [0.25, 0.3) is 0 Å². The molecule has 0 spiro atoms. The molecule has 0 aliphatic heterocycles. The number of hydrogen-bond donors (Lipinski definition) is 2. The first-order chi connectivity index (χ1) is 10.2. The number of aliphatic hydroxyl groups excluding tert-OH is 1. The Morgan fingerprint density at radius 1 is 1.48 bits per heavy atom. The van der Waals surface area contributed by atoms with Crippen molar-refractivity contribution >= 4 is 5.91 Å². The highest BCUT2D eigenvalue weighted by Crippen LogP contribution is 2.09. The maximum atomic E-state index is 13.7. The van der Waals surface area contributed by atoms with E-state index < -0.39 is 5.82 Å². The molecule has 1 heterocycles. The van der Waals surface area contributed by atoms with Crippen LogP contribution in [0.5, 0.6) is 0 Å². The van der Waals surface area contributed by atoms with Gasteiger partial charge in [0.2, 0.25) is 5.91 Å². The van der Waals surface area contributed by atoms with Gasteiger partial charge in [-0.1, -0.05) is 11.8 Å². The molecule has 1 aromatic heterocycles. The van der Waals surface area contributed by atoms with E-state index in [0.29, 0.717) is 11.1 Å². The van der Waals surface area contributed by atoms with Gasteiger partial charge in [0.05, 0.1) is 0 Å². The number of benzene rings is 1. The fourth-order valence-electron chi connectivity index (χ4n) is 1.72. The predicted molar refractivity (Wildman–Crippen MR) is 74.4 cm³/mol. The molecule has 1 aromatic carbocycles. The van der Waals surface area contributed by atoms with E-state index in [1.54, 1.807) is 24.5 Å². The summed E-state index contributed by atoms with van der Waals surface area (Å²) in [4.78, 5) is 11.7. The van der Waals surface area contributed by atoms with Crippen LogP contribution in [0.4, 0.5) is 4.39 Å². The van der Waals surface area contributed by atoms with Crippen LogP contribution in [-0.2, 0) is 17.9 Å². The number of nitrogens with zero attached hydrogens (tertiary/aromatic N) is 2. The van der Waals surface area contributed by atoms with Crippen molar-refractivity contribution in [2.24, 2.45) is 0 Å². The van der Waals surface area contributed by atoms with E-state index >= 15 is 0 Å². The number of carbonyl (C=O) groups is 1. The SMILES string of the molecule is O=C(Cn1cccn1)NCc1cc(C#CCO)ccc1F. The molecule has 0 saturated heterocycles. The van der Waals surface area contributed by atoms with Gasteiger partial charge in [0.1, 0.15) is 19.0 Å². The third-order valence-electron chi connectivity index (χ3n) is 2.70. The second-order valence-electron chi connectivity index (χ2n) is 4.25. The topological polar surface area (TPSA) is 67.2 Å². The number of aromatic nitrogens is 2. The van der Waals surface area contributed by atoms with Crippen molar-refractivity contribution in [1.82, 2.24) is 15.1 Å². The van der Waals surface area contributed by atoms with Crippen LogP contribution in [0.1, 0.15) is 11.1 Å². The molecular formula is C15H14FN3O2. The molecule has 0 fully saturated rings. The summed E-state index contributed by atoms with van der Waals surface area (Å²) in [6.07, 6.45) is 3.25. The van der Waals surface area contributed by atoms with Gasteiger partial charge in [-0.15, -0.1) is 0 Å². The number of amides is 1. The largest absolute Gasteiger partial charge is 0.384 e. The Labute approximate surface area is 121 Å². The first kappa shape index (κ1) is 14.8. The summed E-state index contributed by atoms with van der Waals surface area (Å²) >= 11 is 0. The molecule has 0 aliphatic rings. The highest BCUT2D eigenvalue weighted by Gasteiger charge is 2.06. The Hall–Kier alpha value is -2.65. The Morgan fingerprint density at radius 3 is 3.05 bits per heavy atom. The van der Waals surface area contributed by atoms with Crippen LogP contribution in [-0.4, -0.2) is 27.4 Å². The Bertz CT molecular complexity index is 672. The lowest BCUT2D eigenvalue weighted by Gasteiger charge is -2.07. The van der Waals surface area contributed by atoms with Gasteiger partial charge in [0.25, 0.3) is 0 Å². The fraction of sp³-hybridized carbons (Fsp3) is 0.200. The molecule has 6 heteroatoms. The van der Waals surface area contributed by atoms with Gasteiger partial charge in [0, 0.05) is 30.1 Å². The second kappa shape index (κ2) is 7.22. The summed E-state index contributed by atoms with van der Waals surface area (Å²) in [5.41, 5.74) is 0.926. The number of rotatable bonds is 4. The van der Waals surface area contributed by atoms with Crippen LogP contribution in [0.2, 0.25) is 0 Å². The Morgan fingerprint density at radius 2 is 2.33 bits per heavy atom. The standard InChI is InChI=1S/C15H14FN3O2/c16-14-5-4-12(3-1-8-20)9-13(14)10-17-15(21)11-19-7-2-6-18-19/h2,4-7,9,20H,8,10-11H2,(H,17,21). The van der Waals surface area contributed by atoms with Crippen molar-refractivity contribution in [1.29, 1.82) is 0 Å². The zero-order valence-electron chi connectivity index (χ0n) is 11.2. The van der Waals surface area contributed by atoms with Gasteiger partial charge >= 0.3 is 0 Å². The lowest BCUT2D eigenvalue weighted by molar-refractivity contribution is -0.122. The molecule has 2 rings (SSSR count). The van der Waals surface area contributed by atoms with Gasteiger partial charge in [-0.25, -0.2) is 4.39 Å². The molecule has 5 nitrogen and oxygen atoms in total. The third kappa shape index (κ3) is 4.44. The highest BCUT2D eigenvalue weighted by molar-refractivity contribution is 5.75. The van der Waals surface area contributed by atoms with Crippen LogP contribution in [0.15, 0.2) is 36.7 Å². The molecule has 108 valence electrons. The maximum absolute atomic E-state index is 13.7. The number of hydrogen-bond acceptors (Lipinski definition) is 3. The molecule has 0 unspecified atom stereocenters. The minimum Gasteiger partial charge on any atom is -0.384 e. The summed E-state index contributed by atoms with van der Waals surface area (Å²) < 4.78 is 15.1. The van der Waals surface area contributed by atoms with Gasteiger partial charge in [-0.05, 0) is 24.3 Å². The van der Waals surface area contributed by atoms with Crippen molar-refractivity contribution in [3.8, 4) is 11.8 Å². The molecule has 0 radical (unpaired) electrons. The zero-order chi connectivity index (χ0) is 15.1. The van der Waals surface area contributed by atoms with Crippen LogP contribution in [0, 0.1) is 17.7 Å². The molecule has 0 aliphatic carbocycles. The van der Waals surface area contributed by atoms with Crippen molar-refractivity contribution in [3.05, 3.63) is 53.6 Å². The van der Waals surface area contributed by atoms with E-state index in [9.17, 15) is 9.18 Å². The van der Waals surface area contributed by atoms with E-state index in [1.807, 2.05) is 0 Å². The average Bonchev–Trinajstić information content (AvgIpc) is 2.98. The van der Waals surface area contributed by atoms with Crippen LogP contribution >= 0.6 is 0 Å². The zero-order valence-corrected chi connectivity index (χ0v) is 11.2. The molecule has 2 N–H and O–H groups in total. The lowest BCUT2D eigenvalue weighted by Crippen LogP contribution is -2.27. The van der Waals surface area contributed by atoms with Gasteiger partial charge in [-0.2, -0.15) is 5.10 Å². The summed E-state index contributed by atoms with van der Waals surface area (Å²) in [6, 6.07) is 6.08. The summed E-state index contributed by atoms with van der Waals surface area (Å²) in [7, 11) is 0. The molecule has 21 heavy (non-hydrogen) atoms. The van der Waals surface area contributed by atoms with Gasteiger partial charge in [0.15, 0.2) is 0 Å². The first-order valence-corrected chi connectivity index (χ1v) is 6.31. The third-order valence-corrected chi connectivity index (χ3v) is 2.70. The number of aliphatic hydroxyl groups is 1. The van der Waals surface area contributed by atoms with E-state index in [0.717, 1.165) is 0 Å². The first-order valence-electron chi connectivity index (χ1n) is 6.31. The molecule has 0 bridgehead atoms.